The monoisotopic (exact) mass is 654 g/mol. The normalized spacial score (nSPS) is 27.5. The summed E-state index contributed by atoms with van der Waals surface area (Å²) in [5, 5.41) is 5.86. The minimum Gasteiger partial charge on any atom is -0.495 e. The lowest BCUT2D eigenvalue weighted by atomic mass is 9.93. The van der Waals surface area contributed by atoms with E-state index in [4.69, 9.17) is 30.5 Å². The van der Waals surface area contributed by atoms with Gasteiger partial charge in [0.15, 0.2) is 6.10 Å². The van der Waals surface area contributed by atoms with Crippen molar-refractivity contribution in [3.63, 3.8) is 0 Å². The molecule has 11 heteroatoms. The van der Waals surface area contributed by atoms with Crippen LogP contribution in [0.5, 0.6) is 5.75 Å². The van der Waals surface area contributed by atoms with Gasteiger partial charge in [0.25, 0.3) is 0 Å². The van der Waals surface area contributed by atoms with Crippen molar-refractivity contribution in [1.29, 1.82) is 0 Å². The Labute approximate surface area is 275 Å². The fourth-order valence-corrected chi connectivity index (χ4v) is 5.67. The van der Waals surface area contributed by atoms with Gasteiger partial charge < -0.3 is 29.6 Å². The summed E-state index contributed by atoms with van der Waals surface area (Å²) in [7, 11) is 1.51. The first-order valence-corrected chi connectivity index (χ1v) is 16.0. The highest BCUT2D eigenvalue weighted by molar-refractivity contribution is 6.32. The summed E-state index contributed by atoms with van der Waals surface area (Å²) in [6.45, 7) is 7.31. The number of ether oxygens (including phenoxy) is 4. The van der Waals surface area contributed by atoms with Crippen molar-refractivity contribution < 1.29 is 38.1 Å². The molecule has 7 atom stereocenters. The van der Waals surface area contributed by atoms with Gasteiger partial charge in [-0.3, -0.25) is 14.4 Å². The van der Waals surface area contributed by atoms with E-state index in [1.54, 1.807) is 31.2 Å². The quantitative estimate of drug-likeness (QED) is 0.308. The first kappa shape index (κ1) is 35.0. The second kappa shape index (κ2) is 16.1. The molecule has 2 aromatic rings. The van der Waals surface area contributed by atoms with Crippen LogP contribution in [0.4, 0.5) is 0 Å². The molecule has 2 heterocycles. The third-order valence-electron chi connectivity index (χ3n) is 8.14. The average molecular weight is 655 g/mol. The van der Waals surface area contributed by atoms with Crippen molar-refractivity contribution in [2.75, 3.05) is 13.7 Å². The van der Waals surface area contributed by atoms with Gasteiger partial charge in [0.2, 0.25) is 11.8 Å². The van der Waals surface area contributed by atoms with E-state index in [9.17, 15) is 19.2 Å². The molecule has 7 unspecified atom stereocenters. The smallest absolute Gasteiger partial charge is 0.347 e. The second-order valence-electron chi connectivity index (χ2n) is 12.3. The Bertz CT molecular complexity index is 1410. The van der Waals surface area contributed by atoms with Crippen molar-refractivity contribution in [3.05, 3.63) is 76.8 Å². The Morgan fingerprint density at radius 2 is 1.74 bits per heavy atom. The van der Waals surface area contributed by atoms with E-state index in [1.807, 2.05) is 51.1 Å². The third kappa shape index (κ3) is 9.56. The number of cyclic esters (lactones) is 2. The highest BCUT2D eigenvalue weighted by Crippen LogP contribution is 2.45. The number of carbonyl (C=O) groups is 4. The van der Waals surface area contributed by atoms with Crippen molar-refractivity contribution in [2.24, 2.45) is 17.8 Å². The van der Waals surface area contributed by atoms with Crippen LogP contribution >= 0.6 is 11.6 Å². The van der Waals surface area contributed by atoms with E-state index < -0.39 is 47.9 Å². The van der Waals surface area contributed by atoms with E-state index in [0.717, 1.165) is 5.56 Å². The van der Waals surface area contributed by atoms with Crippen LogP contribution in [0.2, 0.25) is 5.02 Å². The highest BCUT2D eigenvalue weighted by atomic mass is 35.5. The van der Waals surface area contributed by atoms with Crippen molar-refractivity contribution in [3.8, 4) is 5.75 Å². The molecule has 1 fully saturated rings. The Kier molecular flexibility index (Phi) is 12.2. The molecule has 4 rings (SSSR count). The van der Waals surface area contributed by atoms with Crippen LogP contribution in [0, 0.1) is 17.8 Å². The van der Waals surface area contributed by atoms with Crippen LogP contribution in [-0.2, 0) is 39.8 Å². The molecule has 0 bridgehead atoms. The number of epoxide rings is 1. The molecule has 0 saturated carbocycles. The molecule has 0 spiro atoms. The first-order chi connectivity index (χ1) is 22.0. The van der Waals surface area contributed by atoms with E-state index in [0.29, 0.717) is 16.3 Å². The zero-order chi connectivity index (χ0) is 33.4. The summed E-state index contributed by atoms with van der Waals surface area (Å²) in [4.78, 5) is 52.9. The Hall–Kier alpha value is -3.89. The second-order valence-corrected chi connectivity index (χ2v) is 12.7. The van der Waals surface area contributed by atoms with Crippen LogP contribution in [0.1, 0.15) is 57.8 Å². The Morgan fingerprint density at radius 3 is 2.41 bits per heavy atom. The SMILES string of the molecule is COc1ccc(CC2NC(=O)/C=C/CC(C(C)C3OC3c3ccccc3)OC(=O)C(CC(C)C)OC(=O)C(C)CNC2=O)cc1Cl. The number of halogens is 1. The topological polar surface area (TPSA) is 133 Å². The maximum atomic E-state index is 13.5. The maximum absolute atomic E-state index is 13.5. The zero-order valence-corrected chi connectivity index (χ0v) is 27.6. The lowest BCUT2D eigenvalue weighted by Gasteiger charge is -2.27. The Morgan fingerprint density at radius 1 is 1.00 bits per heavy atom. The number of rotatable bonds is 8. The summed E-state index contributed by atoms with van der Waals surface area (Å²) in [5.74, 6) is -2.78. The summed E-state index contributed by atoms with van der Waals surface area (Å²) in [5.41, 5.74) is 1.73. The number of hydrogen-bond acceptors (Lipinski definition) is 8. The largest absolute Gasteiger partial charge is 0.495 e. The number of methoxy groups -OCH3 is 1. The van der Waals surface area contributed by atoms with Gasteiger partial charge >= 0.3 is 11.9 Å². The highest BCUT2D eigenvalue weighted by Gasteiger charge is 2.47. The molecule has 2 aliphatic heterocycles. The van der Waals surface area contributed by atoms with Gasteiger partial charge in [-0.05, 0) is 41.7 Å². The Balaban J connectivity index is 1.58. The van der Waals surface area contributed by atoms with Crippen LogP contribution < -0.4 is 15.4 Å². The van der Waals surface area contributed by atoms with Crippen molar-refractivity contribution in [1.82, 2.24) is 10.6 Å². The van der Waals surface area contributed by atoms with E-state index >= 15 is 0 Å². The van der Waals surface area contributed by atoms with Crippen molar-refractivity contribution in [2.45, 2.75) is 77.4 Å². The lowest BCUT2D eigenvalue weighted by Crippen LogP contribution is -2.49. The van der Waals surface area contributed by atoms with E-state index in [2.05, 4.69) is 10.6 Å². The summed E-state index contributed by atoms with van der Waals surface area (Å²) in [6.07, 6.45) is 1.40. The van der Waals surface area contributed by atoms with Gasteiger partial charge in [-0.15, -0.1) is 0 Å². The summed E-state index contributed by atoms with van der Waals surface area (Å²) >= 11 is 6.30. The minimum atomic E-state index is -1.13. The number of hydrogen-bond donors (Lipinski definition) is 2. The maximum Gasteiger partial charge on any atom is 0.347 e. The molecule has 0 aromatic heterocycles. The zero-order valence-electron chi connectivity index (χ0n) is 26.9. The van der Waals surface area contributed by atoms with Gasteiger partial charge in [0.1, 0.15) is 24.0 Å². The number of esters is 2. The molecule has 0 radical (unpaired) electrons. The lowest BCUT2D eigenvalue weighted by molar-refractivity contribution is -0.176. The van der Waals surface area contributed by atoms with E-state index in [1.165, 1.54) is 13.2 Å². The predicted octanol–water partition coefficient (Wildman–Crippen LogP) is 4.73. The molecule has 2 amide bonds. The fourth-order valence-electron chi connectivity index (χ4n) is 5.39. The fraction of sp³-hybridized carbons (Fsp3) is 0.486. The minimum absolute atomic E-state index is 0.0341. The van der Waals surface area contributed by atoms with Gasteiger partial charge in [-0.1, -0.05) is 81.8 Å². The average Bonchev–Trinajstić information content (AvgIpc) is 3.83. The molecular formula is C35H43ClN2O8. The van der Waals surface area contributed by atoms with Gasteiger partial charge in [0.05, 0.1) is 24.2 Å². The molecule has 0 aliphatic carbocycles. The number of benzene rings is 2. The van der Waals surface area contributed by atoms with Crippen LogP contribution in [0.15, 0.2) is 60.7 Å². The third-order valence-corrected chi connectivity index (χ3v) is 8.44. The first-order valence-electron chi connectivity index (χ1n) is 15.6. The van der Waals surface area contributed by atoms with Crippen molar-refractivity contribution >= 4 is 35.4 Å². The van der Waals surface area contributed by atoms with Gasteiger partial charge in [-0.2, -0.15) is 0 Å². The summed E-state index contributed by atoms with van der Waals surface area (Å²) < 4.78 is 22.9. The van der Waals surface area contributed by atoms with Crippen LogP contribution in [-0.4, -0.2) is 61.8 Å². The summed E-state index contributed by atoms with van der Waals surface area (Å²) in [6, 6.07) is 13.9. The number of carbonyl (C=O) groups excluding carboxylic acids is 4. The predicted molar refractivity (Wildman–Crippen MR) is 172 cm³/mol. The molecule has 2 N–H and O–H groups in total. The number of amides is 2. The number of nitrogens with one attached hydrogen (secondary N) is 2. The molecule has 248 valence electrons. The van der Waals surface area contributed by atoms with Crippen LogP contribution in [0.3, 0.4) is 0 Å². The molecule has 1 saturated heterocycles. The van der Waals surface area contributed by atoms with Gasteiger partial charge in [0, 0.05) is 25.3 Å². The molecule has 2 aromatic carbocycles. The molecule has 2 aliphatic rings. The standard InChI is InChI=1S/C35H43ClN2O8/c1-20(2)16-29-35(42)44-27(22(4)31-32(46-31)24-10-7-6-8-11-24)12-9-13-30(39)38-26(33(40)37-19-21(3)34(41)45-29)18-23-14-15-28(43-5)25(36)17-23/h6-11,13-15,17,20-22,26-27,29,31-32H,12,16,18-19H2,1-5H3,(H,37,40)(H,38,39)/b13-9+. The van der Waals surface area contributed by atoms with Gasteiger partial charge in [-0.25, -0.2) is 4.79 Å². The molecular weight excluding hydrogens is 612 g/mol. The molecule has 10 nitrogen and oxygen atoms in total. The van der Waals surface area contributed by atoms with Crippen LogP contribution in [0.25, 0.3) is 0 Å². The van der Waals surface area contributed by atoms with E-state index in [-0.39, 0.29) is 49.9 Å². The molecule has 46 heavy (non-hydrogen) atoms.